The van der Waals surface area contributed by atoms with Gasteiger partial charge >= 0.3 is 0 Å². The first-order valence-corrected chi connectivity index (χ1v) is 9.56. The van der Waals surface area contributed by atoms with Crippen molar-refractivity contribution in [1.29, 1.82) is 0 Å². The summed E-state index contributed by atoms with van der Waals surface area (Å²) in [5.74, 6) is 0.710. The summed E-state index contributed by atoms with van der Waals surface area (Å²) < 4.78 is 0. The smallest absolute Gasteiger partial charge is 0.226 e. The summed E-state index contributed by atoms with van der Waals surface area (Å²) in [5, 5.41) is 0. The molecule has 1 aliphatic heterocycles. The number of nitrogen functional groups attached to an aromatic ring is 1. The molecule has 3 aliphatic rings. The Morgan fingerprint density at radius 2 is 1.96 bits per heavy atom. The standard InChI is InChI=1S/C20H29N3O/c1-14-13-22(10-11-23(14)20(24)16-4-2-3-5-16)19-9-7-15-6-8-17(21)12-18(15)19/h6,8,12,14,16,19H,2-5,7,9-11,13,21H2,1H3/t14-,19?/m0/s1. The zero-order chi connectivity index (χ0) is 16.7. The van der Waals surface area contributed by atoms with Crippen LogP contribution in [0.15, 0.2) is 18.2 Å². The summed E-state index contributed by atoms with van der Waals surface area (Å²) in [4.78, 5) is 17.5. The van der Waals surface area contributed by atoms with Gasteiger partial charge in [0, 0.05) is 43.3 Å². The van der Waals surface area contributed by atoms with Gasteiger partial charge in [0.1, 0.15) is 0 Å². The third kappa shape index (κ3) is 2.81. The molecule has 1 amide bonds. The van der Waals surface area contributed by atoms with Crippen LogP contribution in [0.1, 0.15) is 56.2 Å². The van der Waals surface area contributed by atoms with Gasteiger partial charge < -0.3 is 10.6 Å². The van der Waals surface area contributed by atoms with E-state index in [4.69, 9.17) is 5.73 Å². The second-order valence-electron chi connectivity index (χ2n) is 7.87. The average molecular weight is 327 g/mol. The fourth-order valence-corrected chi connectivity index (χ4v) is 4.98. The molecular formula is C20H29N3O. The van der Waals surface area contributed by atoms with Crippen LogP contribution in [0, 0.1) is 5.92 Å². The van der Waals surface area contributed by atoms with E-state index in [9.17, 15) is 4.79 Å². The topological polar surface area (TPSA) is 49.6 Å². The molecule has 4 rings (SSSR count). The molecule has 130 valence electrons. The Hall–Kier alpha value is -1.55. The van der Waals surface area contributed by atoms with Gasteiger partial charge in [0.25, 0.3) is 0 Å². The molecule has 1 heterocycles. The van der Waals surface area contributed by atoms with Crippen LogP contribution in [0.2, 0.25) is 0 Å². The van der Waals surface area contributed by atoms with Crippen LogP contribution in [0.4, 0.5) is 5.69 Å². The van der Waals surface area contributed by atoms with E-state index in [1.165, 1.54) is 30.4 Å². The van der Waals surface area contributed by atoms with Crippen molar-refractivity contribution >= 4 is 11.6 Å². The fraction of sp³-hybridized carbons (Fsp3) is 0.650. The molecule has 0 aromatic heterocycles. The van der Waals surface area contributed by atoms with Gasteiger partial charge in [-0.3, -0.25) is 9.69 Å². The number of rotatable bonds is 2. The summed E-state index contributed by atoms with van der Waals surface area (Å²) in [6, 6.07) is 7.16. The van der Waals surface area contributed by atoms with Crippen molar-refractivity contribution in [3.63, 3.8) is 0 Å². The lowest BCUT2D eigenvalue weighted by molar-refractivity contribution is -0.140. The highest BCUT2D eigenvalue weighted by atomic mass is 16.2. The molecule has 0 bridgehead atoms. The van der Waals surface area contributed by atoms with E-state index in [1.54, 1.807) is 0 Å². The molecule has 1 saturated carbocycles. The third-order valence-corrected chi connectivity index (χ3v) is 6.30. The number of piperazine rings is 1. The first-order chi connectivity index (χ1) is 11.6. The van der Waals surface area contributed by atoms with E-state index in [0.29, 0.717) is 23.9 Å². The van der Waals surface area contributed by atoms with E-state index >= 15 is 0 Å². The molecule has 2 fully saturated rings. The molecule has 4 heteroatoms. The fourth-order valence-electron chi connectivity index (χ4n) is 4.98. The summed E-state index contributed by atoms with van der Waals surface area (Å²) in [5.41, 5.74) is 9.74. The Morgan fingerprint density at radius 1 is 1.17 bits per heavy atom. The van der Waals surface area contributed by atoms with E-state index in [1.807, 2.05) is 6.07 Å². The molecule has 0 spiro atoms. The number of benzene rings is 1. The highest BCUT2D eigenvalue weighted by Gasteiger charge is 2.36. The minimum absolute atomic E-state index is 0.297. The van der Waals surface area contributed by atoms with Crippen LogP contribution in [-0.4, -0.2) is 41.4 Å². The lowest BCUT2D eigenvalue weighted by Crippen LogP contribution is -2.55. The molecule has 2 atom stereocenters. The predicted molar refractivity (Wildman–Crippen MR) is 96.6 cm³/mol. The molecular weight excluding hydrogens is 298 g/mol. The van der Waals surface area contributed by atoms with Crippen molar-refractivity contribution in [2.75, 3.05) is 25.4 Å². The maximum Gasteiger partial charge on any atom is 0.226 e. The van der Waals surface area contributed by atoms with Crippen molar-refractivity contribution in [2.45, 2.75) is 57.5 Å². The molecule has 0 radical (unpaired) electrons. The van der Waals surface area contributed by atoms with Crippen molar-refractivity contribution in [3.05, 3.63) is 29.3 Å². The lowest BCUT2D eigenvalue weighted by Gasteiger charge is -2.43. The molecule has 1 unspecified atom stereocenters. The van der Waals surface area contributed by atoms with Gasteiger partial charge in [0.2, 0.25) is 5.91 Å². The average Bonchev–Trinajstić information content (AvgIpc) is 3.23. The summed E-state index contributed by atoms with van der Waals surface area (Å²) in [6.07, 6.45) is 6.98. The van der Waals surface area contributed by atoms with Crippen molar-refractivity contribution < 1.29 is 4.79 Å². The van der Waals surface area contributed by atoms with Gasteiger partial charge in [-0.25, -0.2) is 0 Å². The number of aryl methyl sites for hydroxylation is 1. The number of anilines is 1. The van der Waals surface area contributed by atoms with Gasteiger partial charge in [0.15, 0.2) is 0 Å². The van der Waals surface area contributed by atoms with Crippen LogP contribution in [0.25, 0.3) is 0 Å². The Balaban J connectivity index is 1.44. The predicted octanol–water partition coefficient (Wildman–Crippen LogP) is 2.98. The van der Waals surface area contributed by atoms with Crippen LogP contribution in [0.3, 0.4) is 0 Å². The van der Waals surface area contributed by atoms with E-state index < -0.39 is 0 Å². The van der Waals surface area contributed by atoms with Crippen molar-refractivity contribution in [3.8, 4) is 0 Å². The molecule has 1 aromatic rings. The van der Waals surface area contributed by atoms with E-state index in [-0.39, 0.29) is 0 Å². The molecule has 1 aromatic carbocycles. The monoisotopic (exact) mass is 327 g/mol. The molecule has 4 nitrogen and oxygen atoms in total. The Bertz CT molecular complexity index is 623. The number of fused-ring (bicyclic) bond motifs is 1. The summed E-state index contributed by atoms with van der Waals surface area (Å²) in [6.45, 7) is 5.07. The van der Waals surface area contributed by atoms with Gasteiger partial charge in [0.05, 0.1) is 0 Å². The minimum Gasteiger partial charge on any atom is -0.399 e. The van der Waals surface area contributed by atoms with E-state index in [0.717, 1.165) is 44.6 Å². The van der Waals surface area contributed by atoms with Gasteiger partial charge in [-0.2, -0.15) is 0 Å². The second-order valence-corrected chi connectivity index (χ2v) is 7.87. The zero-order valence-electron chi connectivity index (χ0n) is 14.7. The SMILES string of the molecule is C[C@H]1CN(C2CCc3ccc(N)cc32)CCN1C(=O)C1CCCC1. The normalized spacial score (nSPS) is 28.3. The van der Waals surface area contributed by atoms with Crippen LogP contribution < -0.4 is 5.73 Å². The summed E-state index contributed by atoms with van der Waals surface area (Å²) in [7, 11) is 0. The van der Waals surface area contributed by atoms with Crippen LogP contribution >= 0.6 is 0 Å². The first-order valence-electron chi connectivity index (χ1n) is 9.56. The molecule has 24 heavy (non-hydrogen) atoms. The zero-order valence-corrected chi connectivity index (χ0v) is 14.7. The number of amides is 1. The quantitative estimate of drug-likeness (QED) is 0.850. The number of hydrogen-bond acceptors (Lipinski definition) is 3. The largest absolute Gasteiger partial charge is 0.399 e. The minimum atomic E-state index is 0.297. The number of nitrogens with zero attached hydrogens (tertiary/aromatic N) is 2. The van der Waals surface area contributed by atoms with Crippen molar-refractivity contribution in [1.82, 2.24) is 9.80 Å². The van der Waals surface area contributed by atoms with E-state index in [2.05, 4.69) is 28.9 Å². The van der Waals surface area contributed by atoms with Crippen LogP contribution in [-0.2, 0) is 11.2 Å². The number of carbonyl (C=O) groups excluding carboxylic acids is 1. The Labute approximate surface area is 145 Å². The number of carbonyl (C=O) groups is 1. The summed E-state index contributed by atoms with van der Waals surface area (Å²) >= 11 is 0. The van der Waals surface area contributed by atoms with Crippen molar-refractivity contribution in [2.24, 2.45) is 5.92 Å². The Morgan fingerprint density at radius 3 is 2.71 bits per heavy atom. The first kappa shape index (κ1) is 15.9. The lowest BCUT2D eigenvalue weighted by atomic mass is 10.0. The van der Waals surface area contributed by atoms with Gasteiger partial charge in [-0.1, -0.05) is 18.9 Å². The maximum atomic E-state index is 12.8. The molecule has 2 aliphatic carbocycles. The van der Waals surface area contributed by atoms with Gasteiger partial charge in [-0.15, -0.1) is 0 Å². The molecule has 1 saturated heterocycles. The molecule has 2 N–H and O–H groups in total. The van der Waals surface area contributed by atoms with Gasteiger partial charge in [-0.05, 0) is 55.9 Å². The second kappa shape index (κ2) is 6.40. The highest BCUT2D eigenvalue weighted by molar-refractivity contribution is 5.79. The number of nitrogens with two attached hydrogens (primary N) is 1. The maximum absolute atomic E-state index is 12.8. The Kier molecular flexibility index (Phi) is 4.25. The highest BCUT2D eigenvalue weighted by Crippen LogP contribution is 2.38. The number of hydrogen-bond donors (Lipinski definition) is 1. The third-order valence-electron chi connectivity index (χ3n) is 6.30. The van der Waals surface area contributed by atoms with Crippen LogP contribution in [0.5, 0.6) is 0 Å².